The average molecular weight is 311 g/mol. The number of nitrogens with zero attached hydrogens (tertiary/aromatic N) is 1. The van der Waals surface area contributed by atoms with Gasteiger partial charge >= 0.3 is 0 Å². The molecule has 2 aliphatic heterocycles. The second kappa shape index (κ2) is 7.28. The molecule has 1 N–H and O–H groups in total. The normalized spacial score (nSPS) is 28.3. The molecule has 5 nitrogen and oxygen atoms in total. The van der Waals surface area contributed by atoms with Crippen LogP contribution in [0.3, 0.4) is 0 Å². The summed E-state index contributed by atoms with van der Waals surface area (Å²) in [6, 6.07) is 0. The van der Waals surface area contributed by atoms with Crippen LogP contribution in [0, 0.1) is 5.92 Å². The first kappa shape index (κ1) is 16.2. The largest absolute Gasteiger partial charge is 0.383 e. The van der Waals surface area contributed by atoms with E-state index in [0.717, 1.165) is 58.2 Å². The fraction of sp³-hybridized carbons (Fsp3) is 0.941. The van der Waals surface area contributed by atoms with Crippen LogP contribution >= 0.6 is 0 Å². The summed E-state index contributed by atoms with van der Waals surface area (Å²) < 4.78 is 11.5. The van der Waals surface area contributed by atoms with Crippen molar-refractivity contribution < 1.29 is 19.4 Å². The second-order valence-electron chi connectivity index (χ2n) is 7.06. The van der Waals surface area contributed by atoms with Gasteiger partial charge in [0.1, 0.15) is 6.10 Å². The number of carbonyl (C=O) groups excluding carboxylic acids is 1. The number of ether oxygens (including phenoxy) is 2. The first-order valence-electron chi connectivity index (χ1n) is 8.89. The molecule has 1 amide bonds. The van der Waals surface area contributed by atoms with Crippen LogP contribution in [0.4, 0.5) is 0 Å². The van der Waals surface area contributed by atoms with Gasteiger partial charge in [-0.25, -0.2) is 0 Å². The minimum absolute atomic E-state index is 0.0837. The molecule has 126 valence electrons. The van der Waals surface area contributed by atoms with E-state index in [1.165, 1.54) is 6.42 Å². The molecular weight excluding hydrogens is 282 g/mol. The predicted molar refractivity (Wildman–Crippen MR) is 82.5 cm³/mol. The Hall–Kier alpha value is -0.650. The fourth-order valence-corrected chi connectivity index (χ4v) is 4.09. The molecule has 5 heteroatoms. The van der Waals surface area contributed by atoms with Gasteiger partial charge in [0.15, 0.2) is 0 Å². The summed E-state index contributed by atoms with van der Waals surface area (Å²) in [5.74, 6) is 0.0714. The van der Waals surface area contributed by atoms with Crippen molar-refractivity contribution in [2.45, 2.75) is 63.1 Å². The van der Waals surface area contributed by atoms with Crippen LogP contribution in [0.15, 0.2) is 0 Å². The van der Waals surface area contributed by atoms with Gasteiger partial charge in [0, 0.05) is 26.3 Å². The van der Waals surface area contributed by atoms with Crippen molar-refractivity contribution >= 4 is 5.91 Å². The Morgan fingerprint density at radius 1 is 1.05 bits per heavy atom. The zero-order valence-corrected chi connectivity index (χ0v) is 13.5. The molecule has 2 saturated heterocycles. The lowest BCUT2D eigenvalue weighted by atomic mass is 9.84. The van der Waals surface area contributed by atoms with Crippen LogP contribution in [0.1, 0.15) is 51.4 Å². The van der Waals surface area contributed by atoms with E-state index >= 15 is 0 Å². The molecule has 1 aliphatic carbocycles. The fourth-order valence-electron chi connectivity index (χ4n) is 4.09. The maximum absolute atomic E-state index is 12.6. The van der Waals surface area contributed by atoms with Gasteiger partial charge < -0.3 is 19.5 Å². The average Bonchev–Trinajstić information content (AvgIpc) is 2.78. The van der Waals surface area contributed by atoms with Crippen molar-refractivity contribution in [3.05, 3.63) is 0 Å². The summed E-state index contributed by atoms with van der Waals surface area (Å²) >= 11 is 0. The van der Waals surface area contributed by atoms with Gasteiger partial charge in [-0.2, -0.15) is 0 Å². The topological polar surface area (TPSA) is 59.0 Å². The van der Waals surface area contributed by atoms with E-state index in [2.05, 4.69) is 0 Å². The van der Waals surface area contributed by atoms with E-state index in [1.807, 2.05) is 4.90 Å². The molecule has 3 fully saturated rings. The van der Waals surface area contributed by atoms with E-state index in [9.17, 15) is 9.90 Å². The number of rotatable bonds is 2. The van der Waals surface area contributed by atoms with Crippen molar-refractivity contribution in [1.82, 2.24) is 4.90 Å². The Bertz CT molecular complexity index is 375. The SMILES string of the molecule is O=C(C(O)C1CCCCC1)N1CCOC2(CCOCC2)CC1. The van der Waals surface area contributed by atoms with Crippen molar-refractivity contribution in [1.29, 1.82) is 0 Å². The van der Waals surface area contributed by atoms with Crippen LogP contribution in [0.5, 0.6) is 0 Å². The summed E-state index contributed by atoms with van der Waals surface area (Å²) in [6.07, 6.45) is 7.36. The third-order valence-electron chi connectivity index (χ3n) is 5.67. The highest BCUT2D eigenvalue weighted by Crippen LogP contribution is 2.32. The molecule has 1 atom stereocenters. The Morgan fingerprint density at radius 3 is 2.50 bits per heavy atom. The lowest BCUT2D eigenvalue weighted by Gasteiger charge is -2.36. The standard InChI is InChI=1S/C17H29NO4/c19-15(14-4-2-1-3-5-14)16(20)18-9-6-17(22-13-10-18)7-11-21-12-8-17/h14-15,19H,1-13H2. The Labute approximate surface area is 133 Å². The van der Waals surface area contributed by atoms with E-state index in [0.29, 0.717) is 19.7 Å². The molecule has 0 aromatic heterocycles. The molecule has 0 aromatic rings. The Morgan fingerprint density at radius 2 is 1.77 bits per heavy atom. The molecule has 0 radical (unpaired) electrons. The van der Waals surface area contributed by atoms with Gasteiger partial charge in [-0.3, -0.25) is 4.79 Å². The third-order valence-corrected chi connectivity index (χ3v) is 5.67. The van der Waals surface area contributed by atoms with E-state index in [4.69, 9.17) is 9.47 Å². The zero-order valence-electron chi connectivity index (χ0n) is 13.5. The van der Waals surface area contributed by atoms with Gasteiger partial charge in [-0.1, -0.05) is 19.3 Å². The first-order valence-corrected chi connectivity index (χ1v) is 8.89. The minimum atomic E-state index is -0.816. The molecule has 22 heavy (non-hydrogen) atoms. The summed E-state index contributed by atoms with van der Waals surface area (Å²) in [7, 11) is 0. The van der Waals surface area contributed by atoms with Gasteiger partial charge in [0.05, 0.1) is 12.2 Å². The van der Waals surface area contributed by atoms with E-state index in [-0.39, 0.29) is 17.4 Å². The van der Waals surface area contributed by atoms with Crippen molar-refractivity contribution in [3.63, 3.8) is 0 Å². The third kappa shape index (κ3) is 3.63. The van der Waals surface area contributed by atoms with Crippen LogP contribution in [0.2, 0.25) is 0 Å². The summed E-state index contributed by atoms with van der Waals surface area (Å²) in [6.45, 7) is 3.37. The highest BCUT2D eigenvalue weighted by atomic mass is 16.5. The molecule has 1 saturated carbocycles. The first-order chi connectivity index (χ1) is 10.7. The molecule has 0 bridgehead atoms. The number of aliphatic hydroxyl groups is 1. The lowest BCUT2D eigenvalue weighted by Crippen LogP contribution is -2.44. The summed E-state index contributed by atoms with van der Waals surface area (Å²) in [4.78, 5) is 14.4. The zero-order chi connectivity index (χ0) is 15.4. The van der Waals surface area contributed by atoms with E-state index < -0.39 is 6.10 Å². The highest BCUT2D eigenvalue weighted by molar-refractivity contribution is 5.81. The Kier molecular flexibility index (Phi) is 5.37. The molecule has 3 rings (SSSR count). The van der Waals surface area contributed by atoms with Crippen LogP contribution in [0.25, 0.3) is 0 Å². The van der Waals surface area contributed by atoms with Gasteiger partial charge in [-0.05, 0) is 38.0 Å². The molecule has 1 unspecified atom stereocenters. The summed E-state index contributed by atoms with van der Waals surface area (Å²) in [5, 5.41) is 10.4. The monoisotopic (exact) mass is 311 g/mol. The Balaban J connectivity index is 1.56. The summed E-state index contributed by atoms with van der Waals surface area (Å²) in [5.41, 5.74) is -0.108. The van der Waals surface area contributed by atoms with E-state index in [1.54, 1.807) is 0 Å². The maximum Gasteiger partial charge on any atom is 0.251 e. The van der Waals surface area contributed by atoms with Gasteiger partial charge in [0.25, 0.3) is 5.91 Å². The number of hydrogen-bond acceptors (Lipinski definition) is 4. The number of hydrogen-bond donors (Lipinski definition) is 1. The minimum Gasteiger partial charge on any atom is -0.383 e. The number of aliphatic hydroxyl groups excluding tert-OH is 1. The van der Waals surface area contributed by atoms with Gasteiger partial charge in [0.2, 0.25) is 0 Å². The van der Waals surface area contributed by atoms with Crippen LogP contribution in [-0.4, -0.2) is 60.5 Å². The molecule has 3 aliphatic rings. The van der Waals surface area contributed by atoms with Crippen molar-refractivity contribution in [2.75, 3.05) is 32.9 Å². The molecular formula is C17H29NO4. The maximum atomic E-state index is 12.6. The van der Waals surface area contributed by atoms with Crippen LogP contribution < -0.4 is 0 Å². The molecule has 2 heterocycles. The highest BCUT2D eigenvalue weighted by Gasteiger charge is 2.38. The second-order valence-corrected chi connectivity index (χ2v) is 7.06. The smallest absolute Gasteiger partial charge is 0.251 e. The van der Waals surface area contributed by atoms with Crippen LogP contribution in [-0.2, 0) is 14.3 Å². The molecule has 0 aromatic carbocycles. The molecule has 1 spiro atoms. The quantitative estimate of drug-likeness (QED) is 0.844. The number of carbonyl (C=O) groups is 1. The lowest BCUT2D eigenvalue weighted by molar-refractivity contribution is -0.143. The number of amides is 1. The van der Waals surface area contributed by atoms with Gasteiger partial charge in [-0.15, -0.1) is 0 Å². The van der Waals surface area contributed by atoms with Crippen molar-refractivity contribution in [3.8, 4) is 0 Å². The predicted octanol–water partition coefficient (Wildman–Crippen LogP) is 1.73. The van der Waals surface area contributed by atoms with Crippen molar-refractivity contribution in [2.24, 2.45) is 5.92 Å².